The van der Waals surface area contributed by atoms with Crippen LogP contribution < -0.4 is 10.6 Å². The second kappa shape index (κ2) is 11.8. The minimum absolute atomic E-state index is 0.160. The van der Waals surface area contributed by atoms with Gasteiger partial charge in [0.05, 0.1) is 11.4 Å². The van der Waals surface area contributed by atoms with Gasteiger partial charge in [-0.2, -0.15) is 5.10 Å². The summed E-state index contributed by atoms with van der Waals surface area (Å²) in [6.45, 7) is 8.38. The molecule has 46 heavy (non-hydrogen) atoms. The predicted octanol–water partition coefficient (Wildman–Crippen LogP) is 8.23. The molecule has 2 aliphatic heterocycles. The van der Waals surface area contributed by atoms with E-state index < -0.39 is 0 Å². The van der Waals surface area contributed by atoms with Gasteiger partial charge in [-0.05, 0) is 98.4 Å². The van der Waals surface area contributed by atoms with Crippen molar-refractivity contribution < 1.29 is 9.59 Å². The number of urea groups is 1. The van der Waals surface area contributed by atoms with Gasteiger partial charge in [-0.15, -0.1) is 0 Å². The largest absolute Gasteiger partial charge is 0.361 e. The average molecular weight is 615 g/mol. The molecular weight excluding hydrogens is 572 g/mol. The molecule has 2 aliphatic rings. The Kier molecular flexibility index (Phi) is 7.67. The van der Waals surface area contributed by atoms with E-state index in [4.69, 9.17) is 5.10 Å². The number of H-pyrrole nitrogens is 1. The number of piperidine rings is 1. The number of hydrogen-bond donors (Lipinski definition) is 3. The summed E-state index contributed by atoms with van der Waals surface area (Å²) in [5.74, 6) is 1.31. The van der Waals surface area contributed by atoms with Gasteiger partial charge in [0.1, 0.15) is 5.82 Å². The number of carbonyl (C=O) groups excluding carboxylic acids is 2. The second-order valence-corrected chi connectivity index (χ2v) is 14.1. The van der Waals surface area contributed by atoms with Crippen LogP contribution in [-0.2, 0) is 11.8 Å². The molecule has 3 aromatic carbocycles. The van der Waals surface area contributed by atoms with Crippen molar-refractivity contribution in [1.29, 1.82) is 0 Å². The summed E-state index contributed by atoms with van der Waals surface area (Å²) in [6, 6.07) is 26.5. The van der Waals surface area contributed by atoms with E-state index in [1.807, 2.05) is 79.9 Å². The number of hydrogen-bond acceptors (Lipinski definition) is 3. The number of aryl methyl sites for hydroxylation is 1. The van der Waals surface area contributed by atoms with Crippen LogP contribution >= 0.6 is 0 Å². The van der Waals surface area contributed by atoms with Crippen LogP contribution in [0.1, 0.15) is 73.6 Å². The Morgan fingerprint density at radius 1 is 0.891 bits per heavy atom. The van der Waals surface area contributed by atoms with Gasteiger partial charge >= 0.3 is 6.03 Å². The van der Waals surface area contributed by atoms with Crippen LogP contribution in [0, 0.1) is 12.8 Å². The van der Waals surface area contributed by atoms with E-state index in [1.165, 1.54) is 5.56 Å². The molecule has 3 N–H and O–H groups in total. The first-order chi connectivity index (χ1) is 22.1. The highest BCUT2D eigenvalue weighted by atomic mass is 16.2. The molecule has 0 saturated carbocycles. The molecule has 8 heteroatoms. The lowest BCUT2D eigenvalue weighted by atomic mass is 9.85. The zero-order chi connectivity index (χ0) is 32.0. The fourth-order valence-corrected chi connectivity index (χ4v) is 7.17. The fourth-order valence-electron chi connectivity index (χ4n) is 7.17. The van der Waals surface area contributed by atoms with Gasteiger partial charge in [0.15, 0.2) is 0 Å². The summed E-state index contributed by atoms with van der Waals surface area (Å²) in [7, 11) is 0. The number of fused-ring (bicyclic) bond motifs is 3. The van der Waals surface area contributed by atoms with E-state index in [9.17, 15) is 9.59 Å². The van der Waals surface area contributed by atoms with Crippen LogP contribution in [0.4, 0.5) is 16.3 Å². The smallest absolute Gasteiger partial charge is 0.324 e. The lowest BCUT2D eigenvalue weighted by Crippen LogP contribution is -2.46. The number of carbonyl (C=O) groups is 2. The van der Waals surface area contributed by atoms with Crippen molar-refractivity contribution in [2.75, 3.05) is 10.6 Å². The summed E-state index contributed by atoms with van der Waals surface area (Å²) >= 11 is 0. The van der Waals surface area contributed by atoms with Gasteiger partial charge in [0, 0.05) is 46.5 Å². The van der Waals surface area contributed by atoms with E-state index in [1.54, 1.807) is 4.68 Å². The van der Waals surface area contributed by atoms with Crippen molar-refractivity contribution in [3.63, 3.8) is 0 Å². The highest BCUT2D eigenvalue weighted by molar-refractivity contribution is 6.00. The van der Waals surface area contributed by atoms with Crippen LogP contribution in [0.2, 0.25) is 0 Å². The van der Waals surface area contributed by atoms with E-state index in [0.29, 0.717) is 23.8 Å². The summed E-state index contributed by atoms with van der Waals surface area (Å²) in [5, 5.41) is 11.9. The van der Waals surface area contributed by atoms with Gasteiger partial charge in [0.25, 0.3) is 5.91 Å². The van der Waals surface area contributed by atoms with Crippen molar-refractivity contribution >= 4 is 34.3 Å². The lowest BCUT2D eigenvalue weighted by Gasteiger charge is -2.39. The van der Waals surface area contributed by atoms with Crippen molar-refractivity contribution in [2.24, 2.45) is 5.92 Å². The molecule has 0 radical (unpaired) electrons. The molecule has 8 nitrogen and oxygen atoms in total. The Bertz CT molecular complexity index is 1870. The van der Waals surface area contributed by atoms with Crippen LogP contribution in [0.15, 0.2) is 85.1 Å². The quantitative estimate of drug-likeness (QED) is 0.180. The second-order valence-electron chi connectivity index (χ2n) is 14.1. The molecule has 2 fully saturated rings. The molecule has 0 spiro atoms. The predicted molar refractivity (Wildman–Crippen MR) is 184 cm³/mol. The van der Waals surface area contributed by atoms with Crippen LogP contribution in [-0.4, -0.2) is 43.7 Å². The molecule has 0 aliphatic carbocycles. The molecule has 7 rings (SSSR count). The maximum atomic E-state index is 13.5. The first kappa shape index (κ1) is 29.8. The highest BCUT2D eigenvalue weighted by Crippen LogP contribution is 2.41. The molecule has 4 heterocycles. The van der Waals surface area contributed by atoms with Crippen LogP contribution in [0.3, 0.4) is 0 Å². The number of rotatable bonds is 6. The zero-order valence-corrected chi connectivity index (χ0v) is 27.0. The number of aromatic nitrogens is 3. The normalized spacial score (nSPS) is 19.4. The maximum absolute atomic E-state index is 13.5. The van der Waals surface area contributed by atoms with Gasteiger partial charge in [0.2, 0.25) is 0 Å². The molecule has 2 unspecified atom stereocenters. The van der Waals surface area contributed by atoms with Gasteiger partial charge in [-0.25, -0.2) is 9.48 Å². The summed E-state index contributed by atoms with van der Waals surface area (Å²) in [6.07, 6.45) is 7.10. The minimum Gasteiger partial charge on any atom is -0.361 e. The van der Waals surface area contributed by atoms with Crippen molar-refractivity contribution in [1.82, 2.24) is 19.7 Å². The third-order valence-electron chi connectivity index (χ3n) is 9.60. The molecular formula is C38H42N6O2. The first-order valence-electron chi connectivity index (χ1n) is 16.3. The zero-order valence-electron chi connectivity index (χ0n) is 27.0. The standard InChI is InChI=1S/C38H42N6O2/c1-24-5-13-30(14-6-24)44-35(23-34(42-44)38(2,3)4)41-37(46)40-29-11-7-25(8-12-29)19-26-20-31-15-16-32(21-26)43(31)36(45)28-10-9-27-17-18-39-33(27)22-28/h5-14,17-18,22-23,26,31-32,39H,15-16,19-21H2,1-4H3,(H2,40,41,46). The first-order valence-corrected chi connectivity index (χ1v) is 16.3. The molecule has 5 aromatic rings. The molecule has 2 aromatic heterocycles. The number of anilines is 2. The van der Waals surface area contributed by atoms with Gasteiger partial charge in [-0.3, -0.25) is 10.1 Å². The molecule has 2 bridgehead atoms. The highest BCUT2D eigenvalue weighted by Gasteiger charge is 2.43. The summed E-state index contributed by atoms with van der Waals surface area (Å²) in [4.78, 5) is 32.0. The lowest BCUT2D eigenvalue weighted by molar-refractivity contribution is 0.0524. The Morgan fingerprint density at radius 3 is 2.30 bits per heavy atom. The fraction of sp³-hybridized carbons (Fsp3) is 0.342. The van der Waals surface area contributed by atoms with Gasteiger partial charge in [-0.1, -0.05) is 56.7 Å². The van der Waals surface area contributed by atoms with Gasteiger partial charge < -0.3 is 15.2 Å². The third kappa shape index (κ3) is 6.04. The van der Waals surface area contributed by atoms with E-state index in [-0.39, 0.29) is 17.4 Å². The van der Waals surface area contributed by atoms with Crippen molar-refractivity contribution in [3.05, 3.63) is 107 Å². The minimum atomic E-state index is -0.314. The van der Waals surface area contributed by atoms with Crippen molar-refractivity contribution in [2.45, 2.75) is 77.3 Å². The number of benzene rings is 3. The van der Waals surface area contributed by atoms with Crippen LogP contribution in [0.5, 0.6) is 0 Å². The monoisotopic (exact) mass is 614 g/mol. The van der Waals surface area contributed by atoms with E-state index in [2.05, 4.69) is 53.4 Å². The Hall–Kier alpha value is -4.85. The molecule has 3 amide bonds. The van der Waals surface area contributed by atoms with E-state index >= 15 is 0 Å². The third-order valence-corrected chi connectivity index (χ3v) is 9.60. The average Bonchev–Trinajstić information content (AvgIpc) is 3.74. The topological polar surface area (TPSA) is 95.1 Å². The van der Waals surface area contributed by atoms with E-state index in [0.717, 1.165) is 71.2 Å². The number of amides is 3. The van der Waals surface area contributed by atoms with Crippen LogP contribution in [0.25, 0.3) is 16.6 Å². The Balaban J connectivity index is 0.971. The molecule has 2 atom stereocenters. The Morgan fingerprint density at radius 2 is 1.61 bits per heavy atom. The Labute approximate surface area is 270 Å². The summed E-state index contributed by atoms with van der Waals surface area (Å²) < 4.78 is 1.79. The maximum Gasteiger partial charge on any atom is 0.324 e. The molecule has 236 valence electrons. The number of nitrogens with one attached hydrogen (secondary N) is 3. The summed E-state index contributed by atoms with van der Waals surface area (Å²) in [5.41, 5.74) is 6.55. The molecule has 2 saturated heterocycles. The SMILES string of the molecule is Cc1ccc(-n2nc(C(C)(C)C)cc2NC(=O)Nc2ccc(CC3CC4CCC(C3)N4C(=O)c3ccc4cc[nH]c4c3)cc2)cc1. The van der Waals surface area contributed by atoms with Crippen molar-refractivity contribution in [3.8, 4) is 5.69 Å². The number of aromatic amines is 1. The number of nitrogens with zero attached hydrogens (tertiary/aromatic N) is 3.